The van der Waals surface area contributed by atoms with Crippen LogP contribution in [0.15, 0.2) is 58.9 Å². The quantitative estimate of drug-likeness (QED) is 0.499. The SMILES string of the molecule is CSc1nc2n(n1)C(c1ccc3c(c1)OCCCO3)C1=C(CC(c3ccc(Cl)cc3)CC1=O)N2. The van der Waals surface area contributed by atoms with E-state index >= 15 is 0 Å². The molecule has 34 heavy (non-hydrogen) atoms. The highest BCUT2D eigenvalue weighted by Crippen LogP contribution is 2.45. The minimum Gasteiger partial charge on any atom is -0.490 e. The van der Waals surface area contributed by atoms with Gasteiger partial charge in [0.05, 0.1) is 13.2 Å². The van der Waals surface area contributed by atoms with Crippen molar-refractivity contribution in [1.82, 2.24) is 14.8 Å². The summed E-state index contributed by atoms with van der Waals surface area (Å²) >= 11 is 7.56. The number of hydrogen-bond acceptors (Lipinski definition) is 7. The van der Waals surface area contributed by atoms with E-state index in [1.807, 2.05) is 53.4 Å². The zero-order chi connectivity index (χ0) is 23.2. The molecule has 3 aliphatic rings. The Balaban J connectivity index is 1.44. The second-order valence-electron chi connectivity index (χ2n) is 8.62. The number of nitrogens with zero attached hydrogens (tertiary/aromatic N) is 3. The van der Waals surface area contributed by atoms with Crippen LogP contribution < -0.4 is 14.8 Å². The number of benzene rings is 2. The van der Waals surface area contributed by atoms with Crippen molar-refractivity contribution < 1.29 is 14.3 Å². The van der Waals surface area contributed by atoms with Crippen LogP contribution in [0.25, 0.3) is 0 Å². The van der Waals surface area contributed by atoms with Crippen molar-refractivity contribution >= 4 is 35.1 Å². The van der Waals surface area contributed by atoms with E-state index in [2.05, 4.69) is 10.3 Å². The van der Waals surface area contributed by atoms with Gasteiger partial charge in [-0.2, -0.15) is 4.98 Å². The molecule has 3 aromatic rings. The number of ether oxygens (including phenoxy) is 2. The molecule has 0 amide bonds. The Labute approximate surface area is 206 Å². The van der Waals surface area contributed by atoms with E-state index < -0.39 is 0 Å². The smallest absolute Gasteiger partial charge is 0.227 e. The highest BCUT2D eigenvalue weighted by Gasteiger charge is 2.40. The number of hydrogen-bond donors (Lipinski definition) is 1. The topological polar surface area (TPSA) is 78.3 Å². The van der Waals surface area contributed by atoms with Gasteiger partial charge in [-0.25, -0.2) is 4.68 Å². The number of allylic oxidation sites excluding steroid dienone is 2. The lowest BCUT2D eigenvalue weighted by molar-refractivity contribution is -0.116. The first-order valence-corrected chi connectivity index (χ1v) is 12.9. The molecule has 2 atom stereocenters. The van der Waals surface area contributed by atoms with Crippen LogP contribution in [0, 0.1) is 0 Å². The lowest BCUT2D eigenvalue weighted by atomic mass is 9.78. The molecule has 7 nitrogen and oxygen atoms in total. The average molecular weight is 495 g/mol. The van der Waals surface area contributed by atoms with Gasteiger partial charge < -0.3 is 14.8 Å². The second-order valence-corrected chi connectivity index (χ2v) is 9.83. The number of aromatic nitrogens is 3. The molecule has 6 rings (SSSR count). The second kappa shape index (κ2) is 8.67. The Morgan fingerprint density at radius 3 is 2.62 bits per heavy atom. The number of fused-ring (bicyclic) bond motifs is 2. The van der Waals surface area contributed by atoms with Gasteiger partial charge in [0.2, 0.25) is 11.1 Å². The van der Waals surface area contributed by atoms with E-state index in [0.29, 0.717) is 47.9 Å². The molecule has 9 heteroatoms. The highest BCUT2D eigenvalue weighted by atomic mass is 35.5. The standard InChI is InChI=1S/C25H23ClN4O3S/c1-34-25-28-24-27-18-11-16(14-3-6-17(26)7-4-14)12-19(31)22(18)23(30(24)29-25)15-5-8-20-21(13-15)33-10-2-9-32-20/h3-8,13,16,23H,2,9-12H2,1H3,(H,27,28,29). The summed E-state index contributed by atoms with van der Waals surface area (Å²) in [4.78, 5) is 18.3. The molecule has 0 saturated carbocycles. The van der Waals surface area contributed by atoms with E-state index in [1.165, 1.54) is 11.8 Å². The van der Waals surface area contributed by atoms with Gasteiger partial charge in [-0.1, -0.05) is 41.6 Å². The largest absolute Gasteiger partial charge is 0.490 e. The summed E-state index contributed by atoms with van der Waals surface area (Å²) in [5.41, 5.74) is 3.68. The first-order valence-electron chi connectivity index (χ1n) is 11.3. The zero-order valence-corrected chi connectivity index (χ0v) is 20.2. The van der Waals surface area contributed by atoms with Crippen molar-refractivity contribution in [2.45, 2.75) is 36.4 Å². The maximum Gasteiger partial charge on any atom is 0.227 e. The van der Waals surface area contributed by atoms with Crippen molar-refractivity contribution in [3.05, 3.63) is 69.9 Å². The number of thioether (sulfide) groups is 1. The summed E-state index contributed by atoms with van der Waals surface area (Å²) in [6, 6.07) is 13.3. The predicted molar refractivity (Wildman–Crippen MR) is 131 cm³/mol. The van der Waals surface area contributed by atoms with Crippen molar-refractivity contribution in [2.24, 2.45) is 0 Å². The van der Waals surface area contributed by atoms with Crippen molar-refractivity contribution in [2.75, 3.05) is 24.8 Å². The lowest BCUT2D eigenvalue weighted by Gasteiger charge is -2.35. The lowest BCUT2D eigenvalue weighted by Crippen LogP contribution is -2.33. The molecule has 3 heterocycles. The monoisotopic (exact) mass is 494 g/mol. The Hall–Kier alpha value is -2.97. The fourth-order valence-corrected chi connectivity index (χ4v) is 5.38. The maximum atomic E-state index is 13.6. The van der Waals surface area contributed by atoms with Crippen LogP contribution in [0.5, 0.6) is 11.5 Å². The molecule has 2 aliphatic heterocycles. The maximum absolute atomic E-state index is 13.6. The molecule has 0 spiro atoms. The third kappa shape index (κ3) is 3.75. The molecule has 1 aromatic heterocycles. The van der Waals surface area contributed by atoms with Crippen LogP contribution in [0.1, 0.15) is 42.3 Å². The predicted octanol–water partition coefficient (Wildman–Crippen LogP) is 5.23. The molecule has 0 saturated heterocycles. The fraction of sp³-hybridized carbons (Fsp3) is 0.320. The van der Waals surface area contributed by atoms with Gasteiger partial charge in [0.15, 0.2) is 17.3 Å². The first-order chi connectivity index (χ1) is 16.6. The third-order valence-electron chi connectivity index (χ3n) is 6.51. The zero-order valence-electron chi connectivity index (χ0n) is 18.6. The van der Waals surface area contributed by atoms with Gasteiger partial charge in [-0.15, -0.1) is 5.10 Å². The average Bonchev–Trinajstić information content (AvgIpc) is 3.11. The highest BCUT2D eigenvalue weighted by molar-refractivity contribution is 7.98. The molecule has 1 N–H and O–H groups in total. The van der Waals surface area contributed by atoms with Gasteiger partial charge in [0, 0.05) is 29.1 Å². The van der Waals surface area contributed by atoms with Crippen LogP contribution in [0.2, 0.25) is 5.02 Å². The third-order valence-corrected chi connectivity index (χ3v) is 7.30. The van der Waals surface area contributed by atoms with E-state index in [0.717, 1.165) is 34.6 Å². The number of carbonyl (C=O) groups is 1. The molecule has 2 aromatic carbocycles. The molecule has 0 bridgehead atoms. The Morgan fingerprint density at radius 1 is 1.06 bits per heavy atom. The van der Waals surface area contributed by atoms with Crippen molar-refractivity contribution in [1.29, 1.82) is 0 Å². The van der Waals surface area contributed by atoms with E-state index in [4.69, 9.17) is 26.2 Å². The number of ketones is 1. The summed E-state index contributed by atoms with van der Waals surface area (Å²) in [6.07, 6.45) is 3.92. The van der Waals surface area contributed by atoms with E-state index in [-0.39, 0.29) is 17.7 Å². The molecule has 174 valence electrons. The van der Waals surface area contributed by atoms with Gasteiger partial charge in [-0.3, -0.25) is 4.79 Å². The summed E-state index contributed by atoms with van der Waals surface area (Å²) in [5.74, 6) is 2.26. The van der Waals surface area contributed by atoms with E-state index in [1.54, 1.807) is 0 Å². The number of Topliss-reactive ketones (excluding diaryl/α,β-unsaturated/α-hetero) is 1. The molecule has 1 aliphatic carbocycles. The molecular formula is C25H23ClN4O3S. The summed E-state index contributed by atoms with van der Waals surface area (Å²) in [7, 11) is 0. The summed E-state index contributed by atoms with van der Waals surface area (Å²) in [6.45, 7) is 1.23. The molecule has 0 fully saturated rings. The van der Waals surface area contributed by atoms with E-state index in [9.17, 15) is 4.79 Å². The van der Waals surface area contributed by atoms with Gasteiger partial charge in [0.1, 0.15) is 6.04 Å². The first kappa shape index (κ1) is 21.6. The number of nitrogens with one attached hydrogen (secondary N) is 1. The minimum absolute atomic E-state index is 0.0786. The Kier molecular flexibility index (Phi) is 5.50. The molecule has 2 unspecified atom stereocenters. The minimum atomic E-state index is -0.379. The fourth-order valence-electron chi connectivity index (χ4n) is 4.91. The normalized spacial score (nSPS) is 21.4. The van der Waals surface area contributed by atoms with Gasteiger partial charge in [-0.05, 0) is 54.0 Å². The number of anilines is 1. The van der Waals surface area contributed by atoms with Crippen LogP contribution in [-0.2, 0) is 4.79 Å². The summed E-state index contributed by atoms with van der Waals surface area (Å²) in [5, 5.41) is 9.47. The summed E-state index contributed by atoms with van der Waals surface area (Å²) < 4.78 is 13.6. The van der Waals surface area contributed by atoms with Crippen LogP contribution >= 0.6 is 23.4 Å². The van der Waals surface area contributed by atoms with Gasteiger partial charge >= 0.3 is 0 Å². The molecular weight excluding hydrogens is 472 g/mol. The van der Waals surface area contributed by atoms with Crippen LogP contribution in [0.3, 0.4) is 0 Å². The number of halogens is 1. The Bertz CT molecular complexity index is 1300. The van der Waals surface area contributed by atoms with Crippen molar-refractivity contribution in [3.63, 3.8) is 0 Å². The Morgan fingerprint density at radius 2 is 1.82 bits per heavy atom. The number of carbonyl (C=O) groups excluding carboxylic acids is 1. The van der Waals surface area contributed by atoms with Gasteiger partial charge in [0.25, 0.3) is 0 Å². The van der Waals surface area contributed by atoms with Crippen molar-refractivity contribution in [3.8, 4) is 11.5 Å². The van der Waals surface area contributed by atoms with Crippen LogP contribution in [-0.4, -0.2) is 40.0 Å². The van der Waals surface area contributed by atoms with Crippen LogP contribution in [0.4, 0.5) is 5.95 Å². The number of rotatable bonds is 3. The molecule has 0 radical (unpaired) electrons.